The predicted octanol–water partition coefficient (Wildman–Crippen LogP) is 2.14. The molecular formula is C12H16N6. The molecule has 0 aliphatic heterocycles. The summed E-state index contributed by atoms with van der Waals surface area (Å²) in [7, 11) is 0. The molecular weight excluding hydrogens is 228 g/mol. The minimum atomic E-state index is 0.535. The maximum Gasteiger partial charge on any atom is 0.230 e. The van der Waals surface area contributed by atoms with Gasteiger partial charge < -0.3 is 10.6 Å². The molecule has 0 amide bonds. The van der Waals surface area contributed by atoms with Crippen molar-refractivity contribution in [2.75, 3.05) is 17.2 Å². The first-order valence-electron chi connectivity index (χ1n) is 5.90. The second-order valence-electron chi connectivity index (χ2n) is 3.86. The van der Waals surface area contributed by atoms with Crippen LogP contribution in [0.2, 0.25) is 0 Å². The molecule has 0 saturated heterocycles. The van der Waals surface area contributed by atoms with Gasteiger partial charge in [-0.15, -0.1) is 0 Å². The largest absolute Gasteiger partial charge is 0.370 e. The van der Waals surface area contributed by atoms with E-state index in [-0.39, 0.29) is 0 Å². The van der Waals surface area contributed by atoms with Crippen LogP contribution in [0.5, 0.6) is 0 Å². The maximum atomic E-state index is 4.37. The van der Waals surface area contributed by atoms with Crippen LogP contribution >= 0.6 is 0 Å². The predicted molar refractivity (Wildman–Crippen MR) is 70.9 cm³/mol. The van der Waals surface area contributed by atoms with E-state index >= 15 is 0 Å². The smallest absolute Gasteiger partial charge is 0.230 e. The maximum absolute atomic E-state index is 4.37. The summed E-state index contributed by atoms with van der Waals surface area (Å²) in [6, 6.07) is 3.69. The number of nitrogens with zero attached hydrogens (tertiary/aromatic N) is 4. The van der Waals surface area contributed by atoms with Crippen molar-refractivity contribution in [3.63, 3.8) is 0 Å². The Labute approximate surface area is 106 Å². The molecule has 0 spiro atoms. The van der Waals surface area contributed by atoms with Crippen LogP contribution in [0.15, 0.2) is 24.7 Å². The van der Waals surface area contributed by atoms with Crippen molar-refractivity contribution >= 4 is 17.6 Å². The fourth-order valence-electron chi connectivity index (χ4n) is 1.45. The quantitative estimate of drug-likeness (QED) is 0.839. The molecule has 0 aromatic carbocycles. The zero-order chi connectivity index (χ0) is 12.8. The average molecular weight is 244 g/mol. The molecule has 0 radical (unpaired) electrons. The van der Waals surface area contributed by atoms with Crippen LogP contribution < -0.4 is 10.6 Å². The lowest BCUT2D eigenvalue weighted by molar-refractivity contribution is 0.961. The summed E-state index contributed by atoms with van der Waals surface area (Å²) in [5.41, 5.74) is 0.903. The van der Waals surface area contributed by atoms with Crippen molar-refractivity contribution in [2.24, 2.45) is 0 Å². The molecule has 94 valence electrons. The molecule has 2 heterocycles. The second kappa shape index (κ2) is 5.90. The lowest BCUT2D eigenvalue weighted by Crippen LogP contribution is -2.06. The molecule has 0 fully saturated rings. The highest BCUT2D eigenvalue weighted by molar-refractivity contribution is 5.50. The monoisotopic (exact) mass is 244 g/mol. The normalized spacial score (nSPS) is 10.1. The van der Waals surface area contributed by atoms with Gasteiger partial charge in [0.15, 0.2) is 0 Å². The molecule has 6 nitrogen and oxygen atoms in total. The van der Waals surface area contributed by atoms with Gasteiger partial charge in [0.2, 0.25) is 5.95 Å². The van der Waals surface area contributed by atoms with Crippen LogP contribution in [0.4, 0.5) is 17.6 Å². The van der Waals surface area contributed by atoms with Gasteiger partial charge in [-0.25, -0.2) is 15.0 Å². The van der Waals surface area contributed by atoms with Crippen molar-refractivity contribution in [1.82, 2.24) is 19.9 Å². The standard InChI is InChI=1S/C12H16N6/c1-3-5-14-11-7-9(2)16-12(18-11)17-10-4-6-13-8-15-10/h4,6-8H,3,5H2,1-2H3,(H2,13,14,15,16,17,18). The van der Waals surface area contributed by atoms with Crippen molar-refractivity contribution < 1.29 is 0 Å². The summed E-state index contributed by atoms with van der Waals surface area (Å²) in [5.74, 6) is 2.03. The molecule has 2 N–H and O–H groups in total. The highest BCUT2D eigenvalue weighted by Crippen LogP contribution is 2.13. The highest BCUT2D eigenvalue weighted by Gasteiger charge is 2.02. The highest BCUT2D eigenvalue weighted by atomic mass is 15.2. The second-order valence-corrected chi connectivity index (χ2v) is 3.86. The molecule has 0 atom stereocenters. The third-order valence-electron chi connectivity index (χ3n) is 2.23. The molecule has 0 bridgehead atoms. The van der Waals surface area contributed by atoms with Crippen molar-refractivity contribution in [1.29, 1.82) is 0 Å². The topological polar surface area (TPSA) is 75.6 Å². The Morgan fingerprint density at radius 2 is 2.11 bits per heavy atom. The molecule has 2 aromatic heterocycles. The average Bonchev–Trinajstić information content (AvgIpc) is 2.37. The summed E-state index contributed by atoms with van der Waals surface area (Å²) in [6.07, 6.45) is 4.20. The first-order chi connectivity index (χ1) is 8.78. The van der Waals surface area contributed by atoms with Gasteiger partial charge in [0.1, 0.15) is 18.0 Å². The number of hydrogen-bond donors (Lipinski definition) is 2. The van der Waals surface area contributed by atoms with Gasteiger partial charge in [0.25, 0.3) is 0 Å². The summed E-state index contributed by atoms with van der Waals surface area (Å²) >= 11 is 0. The summed E-state index contributed by atoms with van der Waals surface area (Å²) in [6.45, 7) is 4.94. The minimum Gasteiger partial charge on any atom is -0.370 e. The molecule has 0 aliphatic carbocycles. The number of hydrogen-bond acceptors (Lipinski definition) is 6. The molecule has 0 aliphatic rings. The Balaban J connectivity index is 2.15. The zero-order valence-electron chi connectivity index (χ0n) is 10.5. The lowest BCUT2D eigenvalue weighted by Gasteiger charge is -2.08. The van der Waals surface area contributed by atoms with Gasteiger partial charge in [-0.3, -0.25) is 0 Å². The Hall–Kier alpha value is -2.24. The van der Waals surface area contributed by atoms with Crippen molar-refractivity contribution in [2.45, 2.75) is 20.3 Å². The van der Waals surface area contributed by atoms with Gasteiger partial charge in [0.05, 0.1) is 0 Å². The number of rotatable bonds is 5. The molecule has 6 heteroatoms. The van der Waals surface area contributed by atoms with E-state index in [9.17, 15) is 0 Å². The number of anilines is 3. The zero-order valence-corrected chi connectivity index (χ0v) is 10.5. The molecule has 0 unspecified atom stereocenters. The van der Waals surface area contributed by atoms with Crippen LogP contribution in [0.25, 0.3) is 0 Å². The van der Waals surface area contributed by atoms with Crippen molar-refractivity contribution in [3.8, 4) is 0 Å². The fraction of sp³-hybridized carbons (Fsp3) is 0.333. The lowest BCUT2D eigenvalue weighted by atomic mass is 10.4. The van der Waals surface area contributed by atoms with Crippen LogP contribution in [-0.4, -0.2) is 26.5 Å². The Morgan fingerprint density at radius 1 is 1.22 bits per heavy atom. The fourth-order valence-corrected chi connectivity index (χ4v) is 1.45. The number of aromatic nitrogens is 4. The van der Waals surface area contributed by atoms with E-state index in [2.05, 4.69) is 37.5 Å². The number of aryl methyl sites for hydroxylation is 1. The van der Waals surface area contributed by atoms with E-state index in [1.165, 1.54) is 6.33 Å². The third-order valence-corrected chi connectivity index (χ3v) is 2.23. The van der Waals surface area contributed by atoms with E-state index in [0.29, 0.717) is 11.8 Å². The number of nitrogens with one attached hydrogen (secondary N) is 2. The Bertz CT molecular complexity index is 499. The van der Waals surface area contributed by atoms with E-state index < -0.39 is 0 Å². The van der Waals surface area contributed by atoms with Gasteiger partial charge in [-0.1, -0.05) is 6.92 Å². The summed E-state index contributed by atoms with van der Waals surface area (Å²) < 4.78 is 0. The molecule has 0 saturated carbocycles. The van der Waals surface area contributed by atoms with Crippen LogP contribution in [-0.2, 0) is 0 Å². The Morgan fingerprint density at radius 3 is 2.83 bits per heavy atom. The summed E-state index contributed by atoms with van der Waals surface area (Å²) in [5, 5.41) is 6.29. The van der Waals surface area contributed by atoms with Gasteiger partial charge in [0, 0.05) is 24.5 Å². The van der Waals surface area contributed by atoms with E-state index in [4.69, 9.17) is 0 Å². The van der Waals surface area contributed by atoms with Gasteiger partial charge >= 0.3 is 0 Å². The Kier molecular flexibility index (Phi) is 4.01. The molecule has 2 rings (SSSR count). The first-order valence-corrected chi connectivity index (χ1v) is 5.90. The third kappa shape index (κ3) is 3.38. The van der Waals surface area contributed by atoms with E-state index in [1.807, 2.05) is 13.0 Å². The van der Waals surface area contributed by atoms with Crippen LogP contribution in [0.3, 0.4) is 0 Å². The minimum absolute atomic E-state index is 0.535. The van der Waals surface area contributed by atoms with E-state index in [1.54, 1.807) is 12.3 Å². The van der Waals surface area contributed by atoms with E-state index in [0.717, 1.165) is 24.5 Å². The van der Waals surface area contributed by atoms with Crippen molar-refractivity contribution in [3.05, 3.63) is 30.4 Å². The molecule has 2 aromatic rings. The van der Waals surface area contributed by atoms with Crippen LogP contribution in [0.1, 0.15) is 19.0 Å². The SMILES string of the molecule is CCCNc1cc(C)nc(Nc2ccncn2)n1. The summed E-state index contributed by atoms with van der Waals surface area (Å²) in [4.78, 5) is 16.6. The van der Waals surface area contributed by atoms with Gasteiger partial charge in [-0.2, -0.15) is 4.98 Å². The van der Waals surface area contributed by atoms with Crippen LogP contribution in [0, 0.1) is 6.92 Å². The first kappa shape index (κ1) is 12.2. The molecule has 18 heavy (non-hydrogen) atoms. The van der Waals surface area contributed by atoms with Gasteiger partial charge in [-0.05, 0) is 19.4 Å².